The van der Waals surface area contributed by atoms with Gasteiger partial charge in [-0.1, -0.05) is 23.4 Å². The predicted octanol–water partition coefficient (Wildman–Crippen LogP) is 2.88. The fourth-order valence-corrected chi connectivity index (χ4v) is 1.76. The van der Waals surface area contributed by atoms with Crippen LogP contribution < -0.4 is 15.4 Å². The van der Waals surface area contributed by atoms with Crippen molar-refractivity contribution in [2.75, 3.05) is 18.5 Å². The molecule has 2 amide bonds. The summed E-state index contributed by atoms with van der Waals surface area (Å²) >= 11 is 0. The third-order valence-corrected chi connectivity index (χ3v) is 2.83. The molecule has 0 unspecified atom stereocenters. The monoisotopic (exact) mass is 289 g/mol. The highest BCUT2D eigenvalue weighted by atomic mass is 16.5. The standard InChI is InChI=1S/C15H19N3O3/c1-11-6-3-4-7-13(11)20-9-5-8-16-15(19)17-14-10-12(2)21-18-14/h3-4,6-7,10H,5,8-9H2,1-2H3,(H2,16,17,18,19). The molecule has 2 N–H and O–H groups in total. The maximum atomic E-state index is 11.6. The van der Waals surface area contributed by atoms with Crippen LogP contribution in [0.3, 0.4) is 0 Å². The number of aromatic nitrogens is 1. The summed E-state index contributed by atoms with van der Waals surface area (Å²) < 4.78 is 10.5. The molecule has 0 atom stereocenters. The van der Waals surface area contributed by atoms with Gasteiger partial charge in [-0.25, -0.2) is 4.79 Å². The molecule has 6 heteroatoms. The number of rotatable bonds is 6. The number of para-hydroxylation sites is 1. The zero-order valence-electron chi connectivity index (χ0n) is 12.2. The van der Waals surface area contributed by atoms with Gasteiger partial charge in [0.1, 0.15) is 11.5 Å². The Labute approximate surface area is 123 Å². The zero-order valence-corrected chi connectivity index (χ0v) is 12.2. The molecule has 0 bridgehead atoms. The Morgan fingerprint density at radius 3 is 2.86 bits per heavy atom. The molecule has 0 aliphatic heterocycles. The largest absolute Gasteiger partial charge is 0.493 e. The molecule has 0 spiro atoms. The van der Waals surface area contributed by atoms with Crippen LogP contribution in [-0.4, -0.2) is 24.3 Å². The topological polar surface area (TPSA) is 76.4 Å². The summed E-state index contributed by atoms with van der Waals surface area (Å²) in [6, 6.07) is 9.19. The van der Waals surface area contributed by atoms with E-state index in [1.807, 2.05) is 31.2 Å². The van der Waals surface area contributed by atoms with Crippen molar-refractivity contribution in [3.05, 3.63) is 41.7 Å². The van der Waals surface area contributed by atoms with Gasteiger partial charge in [0.15, 0.2) is 5.82 Å². The lowest BCUT2D eigenvalue weighted by Crippen LogP contribution is -2.30. The van der Waals surface area contributed by atoms with Crippen LogP contribution in [0.4, 0.5) is 10.6 Å². The van der Waals surface area contributed by atoms with Crippen molar-refractivity contribution in [1.29, 1.82) is 0 Å². The number of aryl methyl sites for hydroxylation is 2. The van der Waals surface area contributed by atoms with Crippen LogP contribution in [0.2, 0.25) is 0 Å². The maximum absolute atomic E-state index is 11.6. The fourth-order valence-electron chi connectivity index (χ4n) is 1.76. The van der Waals surface area contributed by atoms with Crippen LogP contribution in [0.15, 0.2) is 34.9 Å². The number of nitrogens with zero attached hydrogens (tertiary/aromatic N) is 1. The van der Waals surface area contributed by atoms with E-state index in [2.05, 4.69) is 15.8 Å². The molecule has 0 aliphatic rings. The molecular formula is C15H19N3O3. The minimum absolute atomic E-state index is 0.306. The van der Waals surface area contributed by atoms with Gasteiger partial charge in [0.25, 0.3) is 0 Å². The second-order valence-corrected chi connectivity index (χ2v) is 4.67. The molecule has 0 radical (unpaired) electrons. The van der Waals surface area contributed by atoms with Crippen molar-refractivity contribution in [3.8, 4) is 5.75 Å². The number of nitrogens with one attached hydrogen (secondary N) is 2. The summed E-state index contributed by atoms with van der Waals surface area (Å²) in [5, 5.41) is 8.99. The molecular weight excluding hydrogens is 270 g/mol. The molecule has 1 heterocycles. The van der Waals surface area contributed by atoms with Crippen LogP contribution >= 0.6 is 0 Å². The van der Waals surface area contributed by atoms with Gasteiger partial charge in [0.2, 0.25) is 0 Å². The predicted molar refractivity (Wildman–Crippen MR) is 79.6 cm³/mol. The van der Waals surface area contributed by atoms with Crippen molar-refractivity contribution in [2.24, 2.45) is 0 Å². The van der Waals surface area contributed by atoms with E-state index in [0.29, 0.717) is 24.7 Å². The summed E-state index contributed by atoms with van der Waals surface area (Å²) in [5.41, 5.74) is 1.10. The maximum Gasteiger partial charge on any atom is 0.320 e. The summed E-state index contributed by atoms with van der Waals surface area (Å²) in [5.74, 6) is 1.93. The van der Waals surface area contributed by atoms with Crippen molar-refractivity contribution in [1.82, 2.24) is 10.5 Å². The third-order valence-electron chi connectivity index (χ3n) is 2.83. The Bertz CT molecular complexity index is 595. The second-order valence-electron chi connectivity index (χ2n) is 4.67. The van der Waals surface area contributed by atoms with Crippen LogP contribution in [-0.2, 0) is 0 Å². The van der Waals surface area contributed by atoms with E-state index in [1.54, 1.807) is 13.0 Å². The number of hydrogen-bond acceptors (Lipinski definition) is 4. The molecule has 0 aliphatic carbocycles. The minimum Gasteiger partial charge on any atom is -0.493 e. The smallest absolute Gasteiger partial charge is 0.320 e. The molecule has 1 aromatic carbocycles. The number of ether oxygens (including phenoxy) is 1. The number of benzene rings is 1. The van der Waals surface area contributed by atoms with Crippen molar-refractivity contribution in [3.63, 3.8) is 0 Å². The molecule has 1 aromatic heterocycles. The number of anilines is 1. The number of carbonyl (C=O) groups is 1. The Balaban J connectivity index is 1.61. The Hall–Kier alpha value is -2.50. The van der Waals surface area contributed by atoms with Gasteiger partial charge in [0, 0.05) is 12.6 Å². The van der Waals surface area contributed by atoms with Crippen molar-refractivity contribution in [2.45, 2.75) is 20.3 Å². The lowest BCUT2D eigenvalue weighted by molar-refractivity contribution is 0.250. The summed E-state index contributed by atoms with van der Waals surface area (Å²) in [6.07, 6.45) is 0.722. The summed E-state index contributed by atoms with van der Waals surface area (Å²) in [7, 11) is 0. The zero-order chi connectivity index (χ0) is 15.1. The normalized spacial score (nSPS) is 10.2. The van der Waals surface area contributed by atoms with E-state index in [4.69, 9.17) is 9.26 Å². The fraction of sp³-hybridized carbons (Fsp3) is 0.333. The summed E-state index contributed by atoms with van der Waals surface area (Å²) in [4.78, 5) is 11.6. The molecule has 0 saturated carbocycles. The SMILES string of the molecule is Cc1cc(NC(=O)NCCCOc2ccccc2C)no1. The van der Waals surface area contributed by atoms with Crippen LogP contribution in [0.5, 0.6) is 5.75 Å². The van der Waals surface area contributed by atoms with Gasteiger partial charge in [-0.3, -0.25) is 5.32 Å². The van der Waals surface area contributed by atoms with E-state index < -0.39 is 0 Å². The molecule has 112 valence electrons. The first-order valence-electron chi connectivity index (χ1n) is 6.82. The van der Waals surface area contributed by atoms with E-state index in [0.717, 1.165) is 17.7 Å². The van der Waals surface area contributed by atoms with Gasteiger partial charge in [0.05, 0.1) is 6.61 Å². The Kier molecular flexibility index (Phi) is 5.20. The molecule has 0 fully saturated rings. The average molecular weight is 289 g/mol. The molecule has 0 saturated heterocycles. The third kappa shape index (κ3) is 4.83. The molecule has 6 nitrogen and oxygen atoms in total. The first kappa shape index (κ1) is 14.9. The molecule has 2 rings (SSSR count). The van der Waals surface area contributed by atoms with Gasteiger partial charge in [-0.2, -0.15) is 0 Å². The number of urea groups is 1. The van der Waals surface area contributed by atoms with Gasteiger partial charge in [-0.05, 0) is 31.9 Å². The lowest BCUT2D eigenvalue weighted by atomic mass is 10.2. The second kappa shape index (κ2) is 7.33. The van der Waals surface area contributed by atoms with Gasteiger partial charge >= 0.3 is 6.03 Å². The number of carbonyl (C=O) groups excluding carboxylic acids is 1. The highest BCUT2D eigenvalue weighted by molar-refractivity contribution is 5.88. The molecule has 2 aromatic rings. The van der Waals surface area contributed by atoms with Crippen LogP contribution in [0.25, 0.3) is 0 Å². The first-order chi connectivity index (χ1) is 10.1. The van der Waals surface area contributed by atoms with Gasteiger partial charge < -0.3 is 14.6 Å². The first-order valence-corrected chi connectivity index (χ1v) is 6.82. The van der Waals surface area contributed by atoms with E-state index >= 15 is 0 Å². The molecule has 21 heavy (non-hydrogen) atoms. The highest BCUT2D eigenvalue weighted by Crippen LogP contribution is 2.15. The minimum atomic E-state index is -0.306. The number of amides is 2. The summed E-state index contributed by atoms with van der Waals surface area (Å²) in [6.45, 7) is 4.84. The van der Waals surface area contributed by atoms with E-state index in [9.17, 15) is 4.79 Å². The average Bonchev–Trinajstić information content (AvgIpc) is 2.85. The quantitative estimate of drug-likeness (QED) is 0.802. The lowest BCUT2D eigenvalue weighted by Gasteiger charge is -2.09. The Morgan fingerprint density at radius 2 is 2.14 bits per heavy atom. The highest BCUT2D eigenvalue weighted by Gasteiger charge is 2.05. The Morgan fingerprint density at radius 1 is 1.33 bits per heavy atom. The van der Waals surface area contributed by atoms with Crippen LogP contribution in [0.1, 0.15) is 17.7 Å². The van der Waals surface area contributed by atoms with Crippen LogP contribution in [0, 0.1) is 13.8 Å². The van der Waals surface area contributed by atoms with E-state index in [-0.39, 0.29) is 6.03 Å². The van der Waals surface area contributed by atoms with E-state index in [1.165, 1.54) is 0 Å². The van der Waals surface area contributed by atoms with Crippen molar-refractivity contribution < 1.29 is 14.1 Å². The number of hydrogen-bond donors (Lipinski definition) is 2. The van der Waals surface area contributed by atoms with Crippen molar-refractivity contribution >= 4 is 11.8 Å². The van der Waals surface area contributed by atoms with Gasteiger partial charge in [-0.15, -0.1) is 0 Å².